The highest BCUT2D eigenvalue weighted by Gasteiger charge is 2.33. The zero-order valence-corrected chi connectivity index (χ0v) is 19.1. The zero-order chi connectivity index (χ0) is 21.9. The van der Waals surface area contributed by atoms with E-state index in [1.165, 1.54) is 11.8 Å². The van der Waals surface area contributed by atoms with E-state index >= 15 is 0 Å². The molecule has 7 nitrogen and oxygen atoms in total. The fraction of sp³-hybridized carbons (Fsp3) is 0.348. The van der Waals surface area contributed by atoms with Crippen molar-refractivity contribution in [2.45, 2.75) is 30.7 Å². The summed E-state index contributed by atoms with van der Waals surface area (Å²) in [6.07, 6.45) is 3.68. The van der Waals surface area contributed by atoms with Crippen LogP contribution in [0.25, 0.3) is 0 Å². The van der Waals surface area contributed by atoms with Crippen molar-refractivity contribution >= 4 is 35.2 Å². The van der Waals surface area contributed by atoms with E-state index in [4.69, 9.17) is 4.74 Å². The number of ether oxygens (including phenoxy) is 1. The number of H-pyrrole nitrogens is 1. The minimum absolute atomic E-state index is 0.0939. The Kier molecular flexibility index (Phi) is 6.27. The molecule has 1 atom stereocenters. The second-order valence-electron chi connectivity index (χ2n) is 7.80. The Morgan fingerprint density at radius 1 is 1.09 bits per heavy atom. The van der Waals surface area contributed by atoms with Gasteiger partial charge in [0.2, 0.25) is 5.91 Å². The molecule has 5 rings (SSSR count). The molecule has 4 heterocycles. The molecule has 166 valence electrons. The van der Waals surface area contributed by atoms with Crippen LogP contribution in [0.5, 0.6) is 5.75 Å². The molecule has 1 saturated heterocycles. The lowest BCUT2D eigenvalue weighted by Crippen LogP contribution is -2.22. The van der Waals surface area contributed by atoms with Gasteiger partial charge < -0.3 is 10.1 Å². The lowest BCUT2D eigenvalue weighted by Gasteiger charge is -2.24. The number of rotatable bonds is 5. The number of thioether (sulfide) groups is 2. The molecule has 0 aliphatic carbocycles. The van der Waals surface area contributed by atoms with Gasteiger partial charge in [-0.2, -0.15) is 11.8 Å². The van der Waals surface area contributed by atoms with Gasteiger partial charge in [-0.1, -0.05) is 24.3 Å². The Morgan fingerprint density at radius 3 is 2.72 bits per heavy atom. The number of amides is 1. The maximum atomic E-state index is 13.2. The number of aromatic nitrogens is 3. The number of pyridine rings is 1. The maximum absolute atomic E-state index is 13.2. The van der Waals surface area contributed by atoms with Crippen LogP contribution in [0.1, 0.15) is 41.0 Å². The maximum Gasteiger partial charge on any atom is 0.270 e. The highest BCUT2D eigenvalue weighted by Crippen LogP contribution is 2.44. The molecule has 1 aromatic carbocycles. The van der Waals surface area contributed by atoms with E-state index in [2.05, 4.69) is 15.4 Å². The summed E-state index contributed by atoms with van der Waals surface area (Å²) in [4.78, 5) is 30.0. The fourth-order valence-electron chi connectivity index (χ4n) is 4.17. The second-order valence-corrected chi connectivity index (χ2v) is 10.1. The van der Waals surface area contributed by atoms with Gasteiger partial charge in [-0.15, -0.1) is 11.8 Å². The van der Waals surface area contributed by atoms with E-state index in [1.54, 1.807) is 6.20 Å². The van der Waals surface area contributed by atoms with Crippen LogP contribution in [0.15, 0.2) is 53.5 Å². The molecular formula is C23H24N4O3S2. The first kappa shape index (κ1) is 21.2. The Hall–Kier alpha value is -2.65. The van der Waals surface area contributed by atoms with Crippen LogP contribution in [0.2, 0.25) is 0 Å². The SMILES string of the molecule is O=C1CS[C@@H](c2ccccc2OCc2ccccn2)c2c(n(C3CCSCC3)[nH]c2=O)N1. The lowest BCUT2D eigenvalue weighted by atomic mass is 10.0. The van der Waals surface area contributed by atoms with Gasteiger partial charge in [0.1, 0.15) is 18.2 Å². The van der Waals surface area contributed by atoms with Gasteiger partial charge in [0.25, 0.3) is 5.56 Å². The molecule has 9 heteroatoms. The summed E-state index contributed by atoms with van der Waals surface area (Å²) in [5.41, 5.74) is 2.14. The van der Waals surface area contributed by atoms with Crippen LogP contribution in [-0.4, -0.2) is 37.9 Å². The average molecular weight is 469 g/mol. The molecular weight excluding hydrogens is 444 g/mol. The first-order valence-electron chi connectivity index (χ1n) is 10.7. The van der Waals surface area contributed by atoms with Gasteiger partial charge in [0.05, 0.1) is 28.3 Å². The fourth-order valence-corrected chi connectivity index (χ4v) is 6.40. The van der Waals surface area contributed by atoms with Crippen molar-refractivity contribution in [2.24, 2.45) is 0 Å². The molecule has 0 radical (unpaired) electrons. The quantitative estimate of drug-likeness (QED) is 0.589. The summed E-state index contributed by atoms with van der Waals surface area (Å²) in [6, 6.07) is 13.6. The Bertz CT molecular complexity index is 1160. The van der Waals surface area contributed by atoms with E-state index < -0.39 is 0 Å². The number of nitrogens with one attached hydrogen (secondary N) is 2. The highest BCUT2D eigenvalue weighted by atomic mass is 32.2. The van der Waals surface area contributed by atoms with Crippen molar-refractivity contribution in [1.29, 1.82) is 0 Å². The molecule has 2 aromatic heterocycles. The van der Waals surface area contributed by atoms with Crippen LogP contribution in [-0.2, 0) is 11.4 Å². The van der Waals surface area contributed by atoms with Gasteiger partial charge in [0, 0.05) is 11.8 Å². The number of carbonyl (C=O) groups is 1. The third-order valence-corrected chi connectivity index (χ3v) is 8.02. The monoisotopic (exact) mass is 468 g/mol. The van der Waals surface area contributed by atoms with E-state index in [1.807, 2.05) is 58.9 Å². The number of hydrogen-bond acceptors (Lipinski definition) is 6. The highest BCUT2D eigenvalue weighted by molar-refractivity contribution is 8.00. The van der Waals surface area contributed by atoms with Crippen molar-refractivity contribution in [3.05, 3.63) is 75.8 Å². The van der Waals surface area contributed by atoms with Gasteiger partial charge in [-0.05, 0) is 42.5 Å². The molecule has 0 unspecified atom stereocenters. The number of hydrogen-bond donors (Lipinski definition) is 2. The van der Waals surface area contributed by atoms with Crippen molar-refractivity contribution in [2.75, 3.05) is 22.6 Å². The number of para-hydroxylation sites is 1. The molecule has 0 spiro atoms. The Labute approximate surface area is 194 Å². The topological polar surface area (TPSA) is 89.0 Å². The van der Waals surface area contributed by atoms with Crippen LogP contribution < -0.4 is 15.6 Å². The number of fused-ring (bicyclic) bond motifs is 1. The summed E-state index contributed by atoms with van der Waals surface area (Å²) >= 11 is 3.38. The number of anilines is 1. The second kappa shape index (κ2) is 9.46. The van der Waals surface area contributed by atoms with Crippen molar-refractivity contribution < 1.29 is 9.53 Å². The van der Waals surface area contributed by atoms with Crippen molar-refractivity contribution in [3.8, 4) is 5.75 Å². The number of aromatic amines is 1. The van der Waals surface area contributed by atoms with E-state index in [-0.39, 0.29) is 28.5 Å². The smallest absolute Gasteiger partial charge is 0.270 e. The molecule has 1 fully saturated rings. The molecule has 0 saturated carbocycles. The molecule has 2 aliphatic heterocycles. The number of carbonyl (C=O) groups excluding carboxylic acids is 1. The van der Waals surface area contributed by atoms with Gasteiger partial charge >= 0.3 is 0 Å². The average Bonchev–Trinajstić information content (AvgIpc) is 3.04. The zero-order valence-electron chi connectivity index (χ0n) is 17.5. The van der Waals surface area contributed by atoms with Crippen LogP contribution in [0.4, 0.5) is 5.82 Å². The summed E-state index contributed by atoms with van der Waals surface area (Å²) in [6.45, 7) is 0.330. The van der Waals surface area contributed by atoms with E-state index in [0.717, 1.165) is 35.6 Å². The Morgan fingerprint density at radius 2 is 1.91 bits per heavy atom. The third kappa shape index (κ3) is 4.31. The predicted octanol–water partition coefficient (Wildman–Crippen LogP) is 3.99. The molecule has 32 heavy (non-hydrogen) atoms. The number of nitrogens with zero attached hydrogens (tertiary/aromatic N) is 2. The summed E-state index contributed by atoms with van der Waals surface area (Å²) in [7, 11) is 0. The van der Waals surface area contributed by atoms with Crippen LogP contribution >= 0.6 is 23.5 Å². The van der Waals surface area contributed by atoms with Crippen molar-refractivity contribution in [1.82, 2.24) is 14.8 Å². The van der Waals surface area contributed by atoms with Crippen molar-refractivity contribution in [3.63, 3.8) is 0 Å². The van der Waals surface area contributed by atoms with Gasteiger partial charge in [0.15, 0.2) is 0 Å². The van der Waals surface area contributed by atoms with Crippen LogP contribution in [0, 0.1) is 0 Å². The minimum Gasteiger partial charge on any atom is -0.487 e. The predicted molar refractivity (Wildman–Crippen MR) is 129 cm³/mol. The molecule has 2 aliphatic rings. The molecule has 3 aromatic rings. The molecule has 1 amide bonds. The normalized spacial score (nSPS) is 19.1. The molecule has 2 N–H and O–H groups in total. The lowest BCUT2D eigenvalue weighted by molar-refractivity contribution is -0.113. The number of benzene rings is 1. The summed E-state index contributed by atoms with van der Waals surface area (Å²) in [5, 5.41) is 5.71. The van der Waals surface area contributed by atoms with E-state index in [0.29, 0.717) is 23.7 Å². The molecule has 0 bridgehead atoms. The largest absolute Gasteiger partial charge is 0.487 e. The van der Waals surface area contributed by atoms with E-state index in [9.17, 15) is 9.59 Å². The van der Waals surface area contributed by atoms with Gasteiger partial charge in [-0.3, -0.25) is 24.4 Å². The summed E-state index contributed by atoms with van der Waals surface area (Å²) < 4.78 is 8.01. The summed E-state index contributed by atoms with van der Waals surface area (Å²) in [5.74, 6) is 3.58. The first-order chi connectivity index (χ1) is 15.7. The standard InChI is InChI=1S/C23H24N4O3S2/c28-19-14-32-21(17-6-1-2-7-18(17)30-13-15-5-3-4-10-24-15)20-22(25-19)27(26-23(20)29)16-8-11-31-12-9-16/h1-7,10,16,21H,8-9,11-14H2,(H,25,28)(H,26,29)/t21-/m0/s1. The first-order valence-corrected chi connectivity index (χ1v) is 12.9. The minimum atomic E-state index is -0.313. The van der Waals surface area contributed by atoms with Crippen LogP contribution in [0.3, 0.4) is 0 Å². The Balaban J connectivity index is 1.52. The third-order valence-electron chi connectivity index (χ3n) is 5.72. The van der Waals surface area contributed by atoms with Gasteiger partial charge in [-0.25, -0.2) is 0 Å².